The molecule has 0 atom stereocenters. The molecule has 70 valence electrons. The predicted octanol–water partition coefficient (Wildman–Crippen LogP) is 2.99. The third-order valence-corrected chi connectivity index (χ3v) is 2.23. The fraction of sp³-hybridized carbons (Fsp3) is 0.286. The van der Waals surface area contributed by atoms with Gasteiger partial charge in [-0.15, -0.1) is 0 Å². The van der Waals surface area contributed by atoms with Gasteiger partial charge < -0.3 is 0 Å². The van der Waals surface area contributed by atoms with Gasteiger partial charge in [0.15, 0.2) is 0 Å². The molecule has 0 heterocycles. The van der Waals surface area contributed by atoms with Crippen molar-refractivity contribution >= 4 is 0 Å². The Morgan fingerprint density at radius 3 is 2.14 bits per heavy atom. The smallest absolute Gasteiger partial charge is 0.0287 e. The zero-order valence-electron chi connectivity index (χ0n) is 9.15. The van der Waals surface area contributed by atoms with Crippen molar-refractivity contribution in [2.75, 3.05) is 0 Å². The molecule has 0 N–H and O–H groups in total. The van der Waals surface area contributed by atoms with Gasteiger partial charge in [0.25, 0.3) is 0 Å². The minimum absolute atomic E-state index is 1.08. The highest BCUT2D eigenvalue weighted by molar-refractivity contribution is 5.48. The molecule has 0 aliphatic carbocycles. The summed E-state index contributed by atoms with van der Waals surface area (Å²) in [5, 5.41) is 0. The first-order valence-corrected chi connectivity index (χ1v) is 4.65. The lowest BCUT2D eigenvalue weighted by molar-refractivity contribution is 1.28. The van der Waals surface area contributed by atoms with E-state index in [0.29, 0.717) is 0 Å². The van der Waals surface area contributed by atoms with Gasteiger partial charge in [-0.05, 0) is 62.3 Å². The Labute approximate surface area is 86.3 Å². The van der Waals surface area contributed by atoms with Gasteiger partial charge in [-0.3, -0.25) is 0 Å². The Bertz CT molecular complexity index is 457. The molecule has 0 radical (unpaired) electrons. The van der Waals surface area contributed by atoms with Gasteiger partial charge in [-0.1, -0.05) is 17.9 Å². The Morgan fingerprint density at radius 2 is 1.50 bits per heavy atom. The van der Waals surface area contributed by atoms with Crippen LogP contribution in [0.25, 0.3) is 0 Å². The molecule has 0 bridgehead atoms. The van der Waals surface area contributed by atoms with Crippen molar-refractivity contribution in [3.63, 3.8) is 0 Å². The highest BCUT2D eigenvalue weighted by Crippen LogP contribution is 2.13. The fourth-order valence-corrected chi connectivity index (χ4v) is 1.26. The van der Waals surface area contributed by atoms with E-state index in [2.05, 4.69) is 56.6 Å². The van der Waals surface area contributed by atoms with Crippen molar-refractivity contribution in [1.82, 2.24) is 0 Å². The van der Waals surface area contributed by atoms with Crippen molar-refractivity contribution in [2.45, 2.75) is 27.7 Å². The second-order valence-corrected chi connectivity index (χ2v) is 3.38. The van der Waals surface area contributed by atoms with Gasteiger partial charge in [-0.2, -0.15) is 0 Å². The highest BCUT2D eigenvalue weighted by atomic mass is 14.0. The lowest BCUT2D eigenvalue weighted by atomic mass is 10.0. The average Bonchev–Trinajstić information content (AvgIpc) is 2.14. The zero-order chi connectivity index (χ0) is 10.6. The van der Waals surface area contributed by atoms with Gasteiger partial charge in [0, 0.05) is 5.56 Å². The molecule has 0 unspecified atom stereocenters. The van der Waals surface area contributed by atoms with Crippen LogP contribution in [0.4, 0.5) is 0 Å². The van der Waals surface area contributed by atoms with E-state index < -0.39 is 0 Å². The molecule has 0 amide bonds. The van der Waals surface area contributed by atoms with Crippen molar-refractivity contribution < 1.29 is 0 Å². The van der Waals surface area contributed by atoms with Crippen molar-refractivity contribution in [1.29, 1.82) is 0 Å². The number of hydrogen-bond acceptors (Lipinski definition) is 0. The summed E-state index contributed by atoms with van der Waals surface area (Å²) >= 11 is 0. The van der Waals surface area contributed by atoms with Gasteiger partial charge in [-0.25, -0.2) is 0 Å². The lowest BCUT2D eigenvalue weighted by Crippen LogP contribution is -1.87. The molecule has 0 aromatic heterocycles. The van der Waals surface area contributed by atoms with Crippen LogP contribution < -0.4 is 0 Å². The zero-order valence-corrected chi connectivity index (χ0v) is 9.15. The maximum atomic E-state index is 3.06. The number of benzene rings is 1. The van der Waals surface area contributed by atoms with Crippen LogP contribution in [0.15, 0.2) is 12.1 Å². The summed E-state index contributed by atoms with van der Waals surface area (Å²) < 4.78 is 0. The molecule has 0 saturated heterocycles. The summed E-state index contributed by atoms with van der Waals surface area (Å²) in [5.41, 5.74) is 4.90. The third kappa shape index (κ3) is 2.41. The van der Waals surface area contributed by atoms with E-state index in [0.717, 1.165) is 5.56 Å². The standard InChI is InChI=1S/C14H14/c1-5-6-7-8-14-10-12(3)11(2)9-13(14)4/h9-10H,1-4H3. The van der Waals surface area contributed by atoms with Crippen molar-refractivity contribution in [3.8, 4) is 23.7 Å². The van der Waals surface area contributed by atoms with E-state index >= 15 is 0 Å². The molecule has 1 rings (SSSR count). The Morgan fingerprint density at radius 1 is 0.857 bits per heavy atom. The monoisotopic (exact) mass is 182 g/mol. The van der Waals surface area contributed by atoms with E-state index in [9.17, 15) is 0 Å². The molecule has 0 saturated carbocycles. The van der Waals surface area contributed by atoms with Gasteiger partial charge in [0.05, 0.1) is 0 Å². The van der Waals surface area contributed by atoms with E-state index in [1.54, 1.807) is 6.92 Å². The van der Waals surface area contributed by atoms with E-state index in [4.69, 9.17) is 0 Å². The summed E-state index contributed by atoms with van der Waals surface area (Å²) in [5.74, 6) is 11.4. The van der Waals surface area contributed by atoms with Crippen LogP contribution in [-0.2, 0) is 0 Å². The normalized spacial score (nSPS) is 8.29. The van der Waals surface area contributed by atoms with Crippen LogP contribution in [0, 0.1) is 44.5 Å². The fourth-order valence-electron chi connectivity index (χ4n) is 1.26. The summed E-state index contributed by atoms with van der Waals surface area (Å²) in [6.07, 6.45) is 0. The molecular formula is C14H14. The van der Waals surface area contributed by atoms with E-state index in [1.165, 1.54) is 16.7 Å². The van der Waals surface area contributed by atoms with Crippen LogP contribution in [0.5, 0.6) is 0 Å². The quantitative estimate of drug-likeness (QED) is 0.541. The number of hydrogen-bond donors (Lipinski definition) is 0. The summed E-state index contributed by atoms with van der Waals surface area (Å²) in [6, 6.07) is 4.29. The molecule has 1 aromatic carbocycles. The second kappa shape index (κ2) is 4.54. The maximum Gasteiger partial charge on any atom is 0.0287 e. The predicted molar refractivity (Wildman–Crippen MR) is 61.0 cm³/mol. The lowest BCUT2D eigenvalue weighted by Gasteiger charge is -2.03. The Kier molecular flexibility index (Phi) is 3.38. The first-order chi connectivity index (χ1) is 6.65. The van der Waals surface area contributed by atoms with Gasteiger partial charge >= 0.3 is 0 Å². The van der Waals surface area contributed by atoms with Gasteiger partial charge in [0.2, 0.25) is 0 Å². The molecule has 0 heteroatoms. The first-order valence-electron chi connectivity index (χ1n) is 4.65. The summed E-state index contributed by atoms with van der Waals surface area (Å²) in [6.45, 7) is 8.09. The Hall–Kier alpha value is -1.66. The highest BCUT2D eigenvalue weighted by Gasteiger charge is 1.98. The number of rotatable bonds is 0. The minimum Gasteiger partial charge on any atom is -0.0925 e. The molecule has 0 aliphatic rings. The second-order valence-electron chi connectivity index (χ2n) is 3.38. The van der Waals surface area contributed by atoms with Crippen LogP contribution in [0.3, 0.4) is 0 Å². The average molecular weight is 182 g/mol. The third-order valence-electron chi connectivity index (χ3n) is 2.23. The maximum absolute atomic E-state index is 3.06. The molecule has 0 aliphatic heterocycles. The Balaban J connectivity index is 3.16. The summed E-state index contributed by atoms with van der Waals surface area (Å²) in [4.78, 5) is 0. The number of aryl methyl sites for hydroxylation is 3. The molecular weight excluding hydrogens is 168 g/mol. The van der Waals surface area contributed by atoms with Crippen LogP contribution in [-0.4, -0.2) is 0 Å². The van der Waals surface area contributed by atoms with Gasteiger partial charge in [0.1, 0.15) is 0 Å². The molecule has 1 aromatic rings. The molecule has 0 fully saturated rings. The first kappa shape index (κ1) is 10.4. The van der Waals surface area contributed by atoms with Crippen molar-refractivity contribution in [3.05, 3.63) is 34.4 Å². The van der Waals surface area contributed by atoms with Crippen molar-refractivity contribution in [2.24, 2.45) is 0 Å². The minimum atomic E-state index is 1.08. The van der Waals surface area contributed by atoms with Crippen LogP contribution >= 0.6 is 0 Å². The van der Waals surface area contributed by atoms with E-state index in [-0.39, 0.29) is 0 Å². The topological polar surface area (TPSA) is 0 Å². The van der Waals surface area contributed by atoms with Crippen LogP contribution in [0.1, 0.15) is 29.2 Å². The molecule has 0 nitrogen and oxygen atoms in total. The van der Waals surface area contributed by atoms with Crippen LogP contribution in [0.2, 0.25) is 0 Å². The van der Waals surface area contributed by atoms with E-state index in [1.807, 2.05) is 0 Å². The SMILES string of the molecule is CC#CC#Cc1cc(C)c(C)cc1C. The summed E-state index contributed by atoms with van der Waals surface area (Å²) in [7, 11) is 0. The largest absolute Gasteiger partial charge is 0.0925 e. The molecule has 14 heavy (non-hydrogen) atoms. The molecule has 0 spiro atoms.